The first-order valence-electron chi connectivity index (χ1n) is 6.11. The molecule has 3 N–H and O–H groups in total. The standard InChI is InChI=1S/C13H16ClN3O4/c1-8(12(20)16-13(21)15-2)17(7-11(18)19)10-5-3-4-9(14)6-10/h3-6,8H,7H2,1-2H3,(H,18,19)(H2,15,16,20,21). The van der Waals surface area contributed by atoms with E-state index in [0.29, 0.717) is 10.7 Å². The number of aliphatic carboxylic acids is 1. The van der Waals surface area contributed by atoms with Crippen molar-refractivity contribution >= 4 is 35.2 Å². The van der Waals surface area contributed by atoms with Gasteiger partial charge in [-0.3, -0.25) is 14.9 Å². The van der Waals surface area contributed by atoms with E-state index in [0.717, 1.165) is 0 Å². The largest absolute Gasteiger partial charge is 0.480 e. The number of carboxylic acids is 1. The van der Waals surface area contributed by atoms with Gasteiger partial charge >= 0.3 is 12.0 Å². The van der Waals surface area contributed by atoms with E-state index in [1.54, 1.807) is 24.3 Å². The number of rotatable bonds is 5. The summed E-state index contributed by atoms with van der Waals surface area (Å²) in [5.74, 6) is -1.72. The van der Waals surface area contributed by atoms with Crippen LogP contribution in [0.1, 0.15) is 6.92 Å². The van der Waals surface area contributed by atoms with Crippen molar-refractivity contribution in [3.63, 3.8) is 0 Å². The zero-order valence-corrected chi connectivity index (χ0v) is 12.3. The molecule has 0 saturated carbocycles. The van der Waals surface area contributed by atoms with E-state index in [-0.39, 0.29) is 0 Å². The van der Waals surface area contributed by atoms with Crippen LogP contribution in [0, 0.1) is 0 Å². The number of hydrogen-bond donors (Lipinski definition) is 3. The molecule has 1 unspecified atom stereocenters. The summed E-state index contributed by atoms with van der Waals surface area (Å²) in [7, 11) is 1.37. The Morgan fingerprint density at radius 1 is 1.38 bits per heavy atom. The fourth-order valence-corrected chi connectivity index (χ4v) is 1.86. The van der Waals surface area contributed by atoms with Crippen LogP contribution in [-0.2, 0) is 9.59 Å². The van der Waals surface area contributed by atoms with Gasteiger partial charge in [-0.05, 0) is 25.1 Å². The van der Waals surface area contributed by atoms with E-state index in [9.17, 15) is 14.4 Å². The molecule has 3 amide bonds. The van der Waals surface area contributed by atoms with Gasteiger partial charge in [0.05, 0.1) is 0 Å². The number of anilines is 1. The number of imide groups is 1. The Kier molecular flexibility index (Phi) is 5.98. The average molecular weight is 314 g/mol. The molecule has 1 rings (SSSR count). The molecule has 0 aliphatic rings. The van der Waals surface area contributed by atoms with Crippen LogP contribution in [0.5, 0.6) is 0 Å². The van der Waals surface area contributed by atoms with Crippen LogP contribution in [0.25, 0.3) is 0 Å². The fourth-order valence-electron chi connectivity index (χ4n) is 1.67. The second-order valence-corrected chi connectivity index (χ2v) is 4.68. The summed E-state index contributed by atoms with van der Waals surface area (Å²) < 4.78 is 0. The lowest BCUT2D eigenvalue weighted by molar-refractivity contribution is -0.135. The zero-order chi connectivity index (χ0) is 16.0. The number of carboxylic acid groups (broad SMARTS) is 1. The Morgan fingerprint density at radius 2 is 2.05 bits per heavy atom. The summed E-state index contributed by atoms with van der Waals surface area (Å²) in [6.45, 7) is 1.10. The molecule has 0 heterocycles. The Labute approximate surface area is 126 Å². The van der Waals surface area contributed by atoms with Crippen LogP contribution in [-0.4, -0.2) is 42.6 Å². The molecule has 1 atom stereocenters. The summed E-state index contributed by atoms with van der Waals surface area (Å²) >= 11 is 5.88. The topological polar surface area (TPSA) is 98.7 Å². The smallest absolute Gasteiger partial charge is 0.323 e. The number of halogens is 1. The lowest BCUT2D eigenvalue weighted by atomic mass is 10.2. The molecular formula is C13H16ClN3O4. The second kappa shape index (κ2) is 7.49. The quantitative estimate of drug-likeness (QED) is 0.755. The molecule has 21 heavy (non-hydrogen) atoms. The monoisotopic (exact) mass is 313 g/mol. The van der Waals surface area contributed by atoms with Crippen molar-refractivity contribution in [3.8, 4) is 0 Å². The molecule has 0 aliphatic heterocycles. The molecule has 1 aromatic rings. The number of amides is 3. The van der Waals surface area contributed by atoms with Crippen LogP contribution in [0.3, 0.4) is 0 Å². The maximum Gasteiger partial charge on any atom is 0.323 e. The summed E-state index contributed by atoms with van der Waals surface area (Å²) in [6.07, 6.45) is 0. The van der Waals surface area contributed by atoms with Gasteiger partial charge in [-0.1, -0.05) is 17.7 Å². The van der Waals surface area contributed by atoms with Gasteiger partial charge < -0.3 is 15.3 Å². The van der Waals surface area contributed by atoms with Crippen molar-refractivity contribution in [2.75, 3.05) is 18.5 Å². The highest BCUT2D eigenvalue weighted by atomic mass is 35.5. The van der Waals surface area contributed by atoms with Crippen LogP contribution in [0.15, 0.2) is 24.3 Å². The number of nitrogens with zero attached hydrogens (tertiary/aromatic N) is 1. The Bertz CT molecular complexity index is 550. The van der Waals surface area contributed by atoms with Gasteiger partial charge in [0.25, 0.3) is 0 Å². The summed E-state index contributed by atoms with van der Waals surface area (Å²) in [4.78, 5) is 35.4. The van der Waals surface area contributed by atoms with E-state index in [2.05, 4.69) is 10.6 Å². The van der Waals surface area contributed by atoms with Gasteiger partial charge in [0.15, 0.2) is 0 Å². The van der Waals surface area contributed by atoms with E-state index in [1.807, 2.05) is 0 Å². The van der Waals surface area contributed by atoms with Gasteiger partial charge in [-0.15, -0.1) is 0 Å². The molecule has 0 bridgehead atoms. The summed E-state index contributed by atoms with van der Waals surface area (Å²) in [5.41, 5.74) is 0.476. The molecule has 0 fully saturated rings. The normalized spacial score (nSPS) is 11.4. The van der Waals surface area contributed by atoms with Crippen molar-refractivity contribution in [3.05, 3.63) is 29.3 Å². The Balaban J connectivity index is 2.99. The third-order valence-electron chi connectivity index (χ3n) is 2.76. The lowest BCUT2D eigenvalue weighted by Gasteiger charge is -2.28. The zero-order valence-electron chi connectivity index (χ0n) is 11.6. The van der Waals surface area contributed by atoms with Crippen LogP contribution in [0.4, 0.5) is 10.5 Å². The molecule has 7 nitrogen and oxygen atoms in total. The maximum absolute atomic E-state index is 12.0. The molecule has 8 heteroatoms. The molecule has 0 spiro atoms. The number of hydrogen-bond acceptors (Lipinski definition) is 4. The third kappa shape index (κ3) is 4.96. The first-order chi connectivity index (χ1) is 9.85. The number of urea groups is 1. The van der Waals surface area contributed by atoms with E-state index >= 15 is 0 Å². The third-order valence-corrected chi connectivity index (χ3v) is 2.99. The SMILES string of the molecule is CNC(=O)NC(=O)C(C)N(CC(=O)O)c1cccc(Cl)c1. The molecule has 0 saturated heterocycles. The van der Waals surface area contributed by atoms with Gasteiger partial charge in [0.1, 0.15) is 12.6 Å². The van der Waals surface area contributed by atoms with Gasteiger partial charge in [-0.25, -0.2) is 4.79 Å². The van der Waals surface area contributed by atoms with Gasteiger partial charge in [0.2, 0.25) is 5.91 Å². The molecular weight excluding hydrogens is 298 g/mol. The molecule has 0 aromatic heterocycles. The minimum atomic E-state index is -1.10. The molecule has 0 aliphatic carbocycles. The molecule has 1 aromatic carbocycles. The van der Waals surface area contributed by atoms with E-state index < -0.39 is 30.5 Å². The first-order valence-corrected chi connectivity index (χ1v) is 6.49. The summed E-state index contributed by atoms with van der Waals surface area (Å²) in [5, 5.41) is 13.8. The van der Waals surface area contributed by atoms with Crippen LogP contribution in [0.2, 0.25) is 5.02 Å². The van der Waals surface area contributed by atoms with Crippen LogP contribution < -0.4 is 15.5 Å². The van der Waals surface area contributed by atoms with Crippen molar-refractivity contribution in [2.45, 2.75) is 13.0 Å². The molecule has 0 radical (unpaired) electrons. The number of nitrogens with one attached hydrogen (secondary N) is 2. The average Bonchev–Trinajstić information content (AvgIpc) is 2.43. The minimum absolute atomic E-state index is 0.400. The molecule has 114 valence electrons. The lowest BCUT2D eigenvalue weighted by Crippen LogP contribution is -2.50. The summed E-state index contributed by atoms with van der Waals surface area (Å²) in [6, 6.07) is 4.95. The van der Waals surface area contributed by atoms with E-state index in [1.165, 1.54) is 18.9 Å². The van der Waals surface area contributed by atoms with Crippen molar-refractivity contribution in [2.24, 2.45) is 0 Å². The first kappa shape index (κ1) is 16.8. The fraction of sp³-hybridized carbons (Fsp3) is 0.308. The van der Waals surface area contributed by atoms with E-state index in [4.69, 9.17) is 16.7 Å². The van der Waals surface area contributed by atoms with Crippen molar-refractivity contribution in [1.82, 2.24) is 10.6 Å². The maximum atomic E-state index is 12.0. The van der Waals surface area contributed by atoms with Gasteiger partial charge in [-0.2, -0.15) is 0 Å². The highest BCUT2D eigenvalue weighted by molar-refractivity contribution is 6.30. The Morgan fingerprint density at radius 3 is 2.57 bits per heavy atom. The number of benzene rings is 1. The predicted molar refractivity (Wildman–Crippen MR) is 78.5 cm³/mol. The Hall–Kier alpha value is -2.28. The highest BCUT2D eigenvalue weighted by Crippen LogP contribution is 2.21. The number of carbonyl (C=O) groups is 3. The predicted octanol–water partition coefficient (Wildman–Crippen LogP) is 1.08. The highest BCUT2D eigenvalue weighted by Gasteiger charge is 2.25. The van der Waals surface area contributed by atoms with Gasteiger partial charge in [0, 0.05) is 17.8 Å². The number of carbonyl (C=O) groups excluding carboxylic acids is 2. The second-order valence-electron chi connectivity index (χ2n) is 4.25. The van der Waals surface area contributed by atoms with Crippen molar-refractivity contribution in [1.29, 1.82) is 0 Å². The van der Waals surface area contributed by atoms with Crippen molar-refractivity contribution < 1.29 is 19.5 Å². The van der Waals surface area contributed by atoms with Crippen LogP contribution >= 0.6 is 11.6 Å². The minimum Gasteiger partial charge on any atom is -0.480 e.